The van der Waals surface area contributed by atoms with Gasteiger partial charge in [-0.15, -0.1) is 0 Å². The number of unbranched alkanes of at least 4 members (excludes halogenated alkanes) is 1. The number of rotatable bonds is 26. The van der Waals surface area contributed by atoms with Crippen molar-refractivity contribution < 1.29 is 47.9 Å². The molecule has 0 bridgehead atoms. The summed E-state index contributed by atoms with van der Waals surface area (Å²) in [5, 5.41) is 12.5. The Balaban J connectivity index is -0.00000118. The van der Waals surface area contributed by atoms with Gasteiger partial charge in [0.2, 0.25) is 5.91 Å². The van der Waals surface area contributed by atoms with Crippen LogP contribution < -0.4 is 16.4 Å². The summed E-state index contributed by atoms with van der Waals surface area (Å²) in [7, 11) is 0. The summed E-state index contributed by atoms with van der Waals surface area (Å²) in [6.45, 7) is 9.18. The molecule has 14 heteroatoms. The Labute approximate surface area is 208 Å². The molecule has 0 aliphatic carbocycles. The predicted octanol–water partition coefficient (Wildman–Crippen LogP) is -0.921. The third-order valence-electron chi connectivity index (χ3n) is 3.76. The smallest absolute Gasteiger partial charge is 0.320 e. The van der Waals surface area contributed by atoms with E-state index in [2.05, 4.69) is 12.2 Å². The first-order chi connectivity index (χ1) is 17.1. The summed E-state index contributed by atoms with van der Waals surface area (Å²) < 4.78 is 32.0. The Bertz CT molecular complexity index is 479. The molecule has 0 atom stereocenters. The number of hydrogen-bond donors (Lipinski definition) is 4. The van der Waals surface area contributed by atoms with E-state index in [0.717, 1.165) is 19.4 Å². The number of hydrogen-bond acceptors (Lipinski definition) is 10. The summed E-state index contributed by atoms with van der Waals surface area (Å²) in [4.78, 5) is 30.2. The Morgan fingerprint density at radius 2 is 1.19 bits per heavy atom. The van der Waals surface area contributed by atoms with Crippen LogP contribution in [0, 0.1) is 0 Å². The fourth-order valence-corrected chi connectivity index (χ4v) is 2.05. The second kappa shape index (κ2) is 34.3. The first-order valence-corrected chi connectivity index (χ1v) is 11.8. The number of carboxylic acids is 1. The molecule has 5 N–H and O–H groups in total. The molecule has 2 amide bonds. The van der Waals surface area contributed by atoms with E-state index in [0.29, 0.717) is 92.2 Å². The number of carbonyl (C=O) groups is 2. The Morgan fingerprint density at radius 1 is 0.778 bits per heavy atom. The molecule has 0 saturated carbocycles. The number of nitrogens with two attached hydrogens (primary N) is 1. The van der Waals surface area contributed by atoms with Crippen LogP contribution in [0.1, 0.15) is 26.2 Å². The number of amides is 2. The number of nitrogens with one attached hydrogen (secondary N) is 2. The fourth-order valence-electron chi connectivity index (χ4n) is 2.05. The van der Waals surface area contributed by atoms with Gasteiger partial charge in [0.05, 0.1) is 85.8 Å². The van der Waals surface area contributed by atoms with Gasteiger partial charge in [0.25, 0.3) is 0 Å². The monoisotopic (exact) mass is 767 g/mol. The summed E-state index contributed by atoms with van der Waals surface area (Å²) in [6.07, 6.45) is 3.69. The largest absolute Gasteiger partial charge is 0.521 e. The van der Waals surface area contributed by atoms with E-state index in [9.17, 15) is 14.4 Å². The second-order valence-corrected chi connectivity index (χ2v) is 6.77. The Hall–Kier alpha value is -2.87. The molecule has 13 nitrogen and oxygen atoms in total. The molecule has 0 aliphatic rings. The van der Waals surface area contributed by atoms with E-state index in [1.807, 2.05) is 5.32 Å². The average molecular weight is 768 g/mol. The van der Waals surface area contributed by atoms with Gasteiger partial charge in [0, 0.05) is 19.5 Å². The normalized spacial score (nSPS) is 10.1. The average Bonchev–Trinajstić information content (AvgIpc) is 2.84. The zero-order valence-corrected chi connectivity index (χ0v) is 23.6. The maximum absolute atomic E-state index is 11.4. The zero-order chi connectivity index (χ0) is 26.2. The van der Waals surface area contributed by atoms with Crippen LogP contribution in [0.25, 0.3) is 0 Å². The molecule has 0 unspecified atom stereocenters. The van der Waals surface area contributed by atoms with Crippen LogP contribution in [-0.2, 0) is 42.8 Å². The molecule has 220 valence electrons. The van der Waals surface area contributed by atoms with Gasteiger partial charge in [-0.2, -0.15) is 6.41 Å². The van der Waals surface area contributed by atoms with Crippen LogP contribution in [0.5, 0.6) is 0 Å². The van der Waals surface area contributed by atoms with Crippen LogP contribution >= 0.6 is 0 Å². The van der Waals surface area contributed by atoms with E-state index < -0.39 is 5.97 Å². The number of carbonyl (C=O) groups excluding carboxylic acids is 2. The van der Waals surface area contributed by atoms with Crippen molar-refractivity contribution in [2.24, 2.45) is 5.73 Å². The minimum absolute atomic E-state index is 0. The number of aliphatic carboxylic acids is 1. The predicted molar refractivity (Wildman–Crippen MR) is 128 cm³/mol. The van der Waals surface area contributed by atoms with Crippen LogP contribution in [0.3, 0.4) is 0 Å². The minimum atomic E-state index is -1.07. The maximum Gasteiger partial charge on any atom is 0.320 e. The molecule has 0 saturated heterocycles. The SMILES string of the molecule is CCCCNC(=O)CCOCCOCCOCCOCCOCCOCCN.O=[C-]NCC(=O)O.[Fm]. The van der Waals surface area contributed by atoms with Crippen molar-refractivity contribution in [1.82, 2.24) is 10.6 Å². The van der Waals surface area contributed by atoms with E-state index >= 15 is 0 Å². The van der Waals surface area contributed by atoms with Gasteiger partial charge in [-0.05, 0) is 6.42 Å². The quantitative estimate of drug-likeness (QED) is 0.0487. The summed E-state index contributed by atoms with van der Waals surface area (Å²) in [6, 6.07) is 0. The zero-order valence-electron chi connectivity index (χ0n) is 21.2. The van der Waals surface area contributed by atoms with Crippen LogP contribution in [0.15, 0.2) is 0 Å². The van der Waals surface area contributed by atoms with E-state index in [-0.39, 0.29) is 12.5 Å². The van der Waals surface area contributed by atoms with Crippen molar-refractivity contribution in [2.45, 2.75) is 26.2 Å². The molecule has 0 aromatic carbocycles. The molecule has 0 fully saturated rings. The van der Waals surface area contributed by atoms with Crippen molar-refractivity contribution in [3.05, 3.63) is 0 Å². The molecular weight excluding hydrogens is 723 g/mol. The second-order valence-electron chi connectivity index (χ2n) is 6.77. The summed E-state index contributed by atoms with van der Waals surface area (Å²) in [5.74, 6) is -1.03. The molecule has 0 aromatic rings. The van der Waals surface area contributed by atoms with E-state index in [4.69, 9.17) is 39.3 Å². The first kappa shape index (κ1) is 37.7. The number of ether oxygens (including phenoxy) is 6. The van der Waals surface area contributed by atoms with Gasteiger partial charge in [-0.25, -0.2) is 0 Å². The van der Waals surface area contributed by atoms with Crippen LogP contribution in [0.2, 0.25) is 0 Å². The van der Waals surface area contributed by atoms with Crippen molar-refractivity contribution in [3.63, 3.8) is 0 Å². The van der Waals surface area contributed by atoms with E-state index in [1.165, 1.54) is 6.41 Å². The molecule has 0 aromatic heterocycles. The first-order valence-electron chi connectivity index (χ1n) is 11.8. The summed E-state index contributed by atoms with van der Waals surface area (Å²) >= 11 is 0. The van der Waals surface area contributed by atoms with Gasteiger partial charge in [0.15, 0.2) is 0 Å². The van der Waals surface area contributed by atoms with Crippen molar-refractivity contribution in [2.75, 3.05) is 98.9 Å². The Kier molecular flexibility index (Phi) is 35.9. The third-order valence-corrected chi connectivity index (χ3v) is 3.76. The fraction of sp³-hybridized carbons (Fsp3) is 0.864. The van der Waals surface area contributed by atoms with Gasteiger partial charge in [0.1, 0.15) is 0 Å². The van der Waals surface area contributed by atoms with Gasteiger partial charge in [-0.1, -0.05) is 13.3 Å². The topological polar surface area (TPSA) is 177 Å². The Morgan fingerprint density at radius 3 is 1.53 bits per heavy atom. The van der Waals surface area contributed by atoms with E-state index in [1.54, 1.807) is 0 Å². The standard InChI is InChI=1S/C19H40N2O7.C3H4NO3.Fm/c1-2-3-6-21-19(22)4-7-23-9-11-25-13-15-27-17-18-28-16-14-26-12-10-24-8-5-20;5-2-4-1-3(6)7;/h2-18,20H2,1H3,(H,21,22);1H2,(H,4,5)(H,6,7);/q;-1;. The van der Waals surface area contributed by atoms with Crippen LogP contribution in [-0.4, -0.2) is 122 Å². The molecule has 0 heterocycles. The maximum atomic E-state index is 11.4. The summed E-state index contributed by atoms with van der Waals surface area (Å²) in [5.41, 5.74) is 5.30. The third kappa shape index (κ3) is 38.4. The van der Waals surface area contributed by atoms with Gasteiger partial charge < -0.3 is 54.7 Å². The molecule has 36 heavy (non-hydrogen) atoms. The van der Waals surface area contributed by atoms with Crippen molar-refractivity contribution in [1.29, 1.82) is 0 Å². The van der Waals surface area contributed by atoms with Gasteiger partial charge in [-0.3, -0.25) is 9.59 Å². The van der Waals surface area contributed by atoms with Crippen molar-refractivity contribution in [3.8, 4) is 0 Å². The van der Waals surface area contributed by atoms with Crippen molar-refractivity contribution >= 4 is 18.3 Å². The minimum Gasteiger partial charge on any atom is -0.521 e. The van der Waals surface area contributed by atoms with Gasteiger partial charge >= 0.3 is 5.97 Å². The molecule has 0 rings (SSSR count). The molecule has 0 aliphatic heterocycles. The molecule has 0 spiro atoms. The molecule has 0 radical (unpaired) electrons. The number of carboxylic acid groups (broad SMARTS) is 1. The molecular formula is C22H44FmN3O10-. The van der Waals surface area contributed by atoms with Crippen LogP contribution in [0.4, 0.5) is 0 Å².